The lowest BCUT2D eigenvalue weighted by atomic mass is 9.95. The molecule has 1 heterocycles. The van der Waals surface area contributed by atoms with Gasteiger partial charge in [-0.3, -0.25) is 9.69 Å². The van der Waals surface area contributed by atoms with Crippen molar-refractivity contribution in [3.05, 3.63) is 0 Å². The molecule has 1 aliphatic heterocycles. The molecule has 0 unspecified atom stereocenters. The molecule has 0 aromatic carbocycles. The van der Waals surface area contributed by atoms with Crippen LogP contribution in [0.3, 0.4) is 0 Å². The quantitative estimate of drug-likeness (QED) is 0.0441. The van der Waals surface area contributed by atoms with Gasteiger partial charge in [-0.1, -0.05) is 168 Å². The van der Waals surface area contributed by atoms with Crippen LogP contribution in [0.15, 0.2) is 0 Å². The summed E-state index contributed by atoms with van der Waals surface area (Å²) >= 11 is 0. The van der Waals surface area contributed by atoms with Crippen molar-refractivity contribution in [2.75, 3.05) is 19.8 Å². The number of amides is 2. The van der Waals surface area contributed by atoms with E-state index < -0.39 is 55.2 Å². The molecule has 2 amide bonds. The molecule has 296 valence electrons. The van der Waals surface area contributed by atoms with E-state index in [1.807, 2.05) is 0 Å². The number of ether oxygens (including phenoxy) is 2. The van der Waals surface area contributed by atoms with E-state index in [1.165, 1.54) is 134 Å². The molecule has 1 aliphatic rings. The molecule has 1 saturated heterocycles. The molecule has 10 nitrogen and oxygen atoms in total. The zero-order valence-electron chi connectivity index (χ0n) is 32.5. The molecular weight excluding hydrogens is 634 g/mol. The monoisotopic (exact) mass is 714 g/mol. The topological polar surface area (TPSA) is 155 Å². The van der Waals surface area contributed by atoms with Crippen molar-refractivity contribution in [3.8, 4) is 0 Å². The van der Waals surface area contributed by atoms with Crippen molar-refractivity contribution in [1.82, 2.24) is 10.2 Å². The van der Waals surface area contributed by atoms with Crippen molar-refractivity contribution in [2.24, 2.45) is 5.73 Å². The minimum absolute atomic E-state index is 0.268. The summed E-state index contributed by atoms with van der Waals surface area (Å²) in [7, 11) is 0. The van der Waals surface area contributed by atoms with Gasteiger partial charge in [0.25, 0.3) is 0 Å². The first-order valence-corrected chi connectivity index (χ1v) is 20.9. The van der Waals surface area contributed by atoms with Gasteiger partial charge < -0.3 is 35.8 Å². The Balaban J connectivity index is 2.54. The average molecular weight is 714 g/mol. The summed E-state index contributed by atoms with van der Waals surface area (Å²) in [5, 5.41) is 34.1. The second-order valence-electron chi connectivity index (χ2n) is 14.8. The Morgan fingerprint density at radius 3 is 1.48 bits per heavy atom. The number of rotatable bonds is 32. The normalized spacial score (nSPS) is 21.2. The molecule has 0 aliphatic carbocycles. The lowest BCUT2D eigenvalue weighted by molar-refractivity contribution is -0.226. The lowest BCUT2D eigenvalue weighted by Gasteiger charge is -2.46. The number of hydrogen-bond acceptors (Lipinski definition) is 8. The zero-order chi connectivity index (χ0) is 36.8. The van der Waals surface area contributed by atoms with E-state index in [0.717, 1.165) is 38.5 Å². The Labute approximate surface area is 306 Å². The number of carbonyl (C=O) groups excluding carboxylic acids is 2. The molecule has 6 N–H and O–H groups in total. The predicted molar refractivity (Wildman–Crippen MR) is 203 cm³/mol. The van der Waals surface area contributed by atoms with Gasteiger partial charge in [-0.05, 0) is 19.8 Å². The first-order chi connectivity index (χ1) is 24.3. The molecule has 6 atom stereocenters. The highest BCUT2D eigenvalue weighted by molar-refractivity contribution is 5.81. The fourth-order valence-electron chi connectivity index (χ4n) is 6.80. The highest BCUT2D eigenvalue weighted by Gasteiger charge is 2.48. The summed E-state index contributed by atoms with van der Waals surface area (Å²) in [5.41, 5.74) is 5.78. The molecule has 0 aromatic heterocycles. The maximum absolute atomic E-state index is 13.5. The summed E-state index contributed by atoms with van der Waals surface area (Å²) in [6.07, 6.45) is 25.8. The summed E-state index contributed by atoms with van der Waals surface area (Å²) in [6.45, 7) is 6.01. The van der Waals surface area contributed by atoms with Crippen molar-refractivity contribution < 1.29 is 34.4 Å². The van der Waals surface area contributed by atoms with Crippen molar-refractivity contribution in [3.63, 3.8) is 0 Å². The number of unbranched alkanes of at least 4 members (excludes halogenated alkanes) is 24. The molecular formula is C40H79N3O7. The van der Waals surface area contributed by atoms with Gasteiger partial charge in [-0.15, -0.1) is 0 Å². The molecule has 50 heavy (non-hydrogen) atoms. The highest BCUT2D eigenvalue weighted by atomic mass is 16.6. The fourth-order valence-corrected chi connectivity index (χ4v) is 6.80. The number of nitrogens with two attached hydrogens (primary N) is 1. The predicted octanol–water partition coefficient (Wildman–Crippen LogP) is 7.88. The van der Waals surface area contributed by atoms with E-state index in [-0.39, 0.29) is 6.61 Å². The van der Waals surface area contributed by atoms with Crippen LogP contribution in [0.1, 0.15) is 188 Å². The van der Waals surface area contributed by atoms with Gasteiger partial charge >= 0.3 is 6.09 Å². The SMILES string of the molecule is CCCCCCCCCCCCCCCCCCOC(=O)N(CCCCCCCCCCCC)[C@@H]1O[C@H](CO)[C@@H](O)[C@H](O)[C@H]1NC(=O)[C@H](C)N. The Hall–Kier alpha value is -1.46. The van der Waals surface area contributed by atoms with Gasteiger partial charge in [-0.25, -0.2) is 4.79 Å². The molecule has 0 spiro atoms. The first kappa shape index (κ1) is 46.6. The van der Waals surface area contributed by atoms with Crippen LogP contribution in [0, 0.1) is 0 Å². The number of nitrogens with zero attached hydrogens (tertiary/aromatic N) is 1. The standard InChI is InChI=1S/C40H79N3O7/c1-4-6-8-10-12-14-16-17-18-19-20-21-23-25-27-29-31-49-40(48)43(30-28-26-24-22-15-13-11-9-7-5-2)39-35(42-38(47)33(3)41)37(46)36(45)34(32-44)50-39/h33-37,39,44-46H,4-32,41H2,1-3H3,(H,42,47)/t33-,34+,35+,36+,37+,39+/m0/s1. The molecule has 0 radical (unpaired) electrons. The number of aliphatic hydroxyl groups excluding tert-OH is 3. The maximum Gasteiger partial charge on any atom is 0.411 e. The van der Waals surface area contributed by atoms with E-state index in [0.29, 0.717) is 13.0 Å². The smallest absolute Gasteiger partial charge is 0.411 e. The summed E-state index contributed by atoms with van der Waals surface area (Å²) < 4.78 is 11.7. The van der Waals surface area contributed by atoms with Gasteiger partial charge in [0, 0.05) is 6.54 Å². The van der Waals surface area contributed by atoms with Gasteiger partial charge in [-0.2, -0.15) is 0 Å². The molecule has 10 heteroatoms. The van der Waals surface area contributed by atoms with Crippen LogP contribution >= 0.6 is 0 Å². The van der Waals surface area contributed by atoms with Crippen LogP contribution in [0.2, 0.25) is 0 Å². The minimum atomic E-state index is -1.48. The Morgan fingerprint density at radius 1 is 0.680 bits per heavy atom. The summed E-state index contributed by atoms with van der Waals surface area (Å²) in [5.74, 6) is -0.544. The van der Waals surface area contributed by atoms with Gasteiger partial charge in [0.15, 0.2) is 6.23 Å². The maximum atomic E-state index is 13.5. The van der Waals surface area contributed by atoms with E-state index in [9.17, 15) is 24.9 Å². The number of aliphatic hydroxyl groups is 3. The molecule has 0 bridgehead atoms. The molecule has 0 aromatic rings. The van der Waals surface area contributed by atoms with Crippen LogP contribution in [-0.2, 0) is 14.3 Å². The average Bonchev–Trinajstić information content (AvgIpc) is 3.10. The van der Waals surface area contributed by atoms with Crippen LogP contribution in [0.25, 0.3) is 0 Å². The van der Waals surface area contributed by atoms with Crippen LogP contribution in [-0.4, -0.2) is 88.6 Å². The number of hydrogen-bond donors (Lipinski definition) is 5. The zero-order valence-corrected chi connectivity index (χ0v) is 32.5. The van der Waals surface area contributed by atoms with E-state index in [1.54, 1.807) is 0 Å². The number of carbonyl (C=O) groups is 2. The third-order valence-electron chi connectivity index (χ3n) is 10.1. The van der Waals surface area contributed by atoms with Crippen molar-refractivity contribution in [1.29, 1.82) is 0 Å². The molecule has 0 saturated carbocycles. The fraction of sp³-hybridized carbons (Fsp3) is 0.950. The van der Waals surface area contributed by atoms with E-state index >= 15 is 0 Å². The minimum Gasteiger partial charge on any atom is -0.449 e. The third-order valence-corrected chi connectivity index (χ3v) is 10.1. The van der Waals surface area contributed by atoms with Crippen molar-refractivity contribution >= 4 is 12.0 Å². The lowest BCUT2D eigenvalue weighted by Crippen LogP contribution is -2.69. The highest BCUT2D eigenvalue weighted by Crippen LogP contribution is 2.26. The molecule has 1 fully saturated rings. The Kier molecular flexibility index (Phi) is 29.0. The second-order valence-corrected chi connectivity index (χ2v) is 14.8. The summed E-state index contributed by atoms with van der Waals surface area (Å²) in [4.78, 5) is 27.5. The second kappa shape index (κ2) is 31.1. The van der Waals surface area contributed by atoms with Crippen LogP contribution in [0.4, 0.5) is 4.79 Å². The Bertz CT molecular complexity index is 818. The van der Waals surface area contributed by atoms with E-state index in [4.69, 9.17) is 15.2 Å². The third kappa shape index (κ3) is 21.2. The van der Waals surface area contributed by atoms with Gasteiger partial charge in [0.05, 0.1) is 19.3 Å². The molecule has 1 rings (SSSR count). The summed E-state index contributed by atoms with van der Waals surface area (Å²) in [6, 6.07) is -2.01. The largest absolute Gasteiger partial charge is 0.449 e. The first-order valence-electron chi connectivity index (χ1n) is 20.9. The number of nitrogens with one attached hydrogen (secondary N) is 1. The Morgan fingerprint density at radius 2 is 1.08 bits per heavy atom. The van der Waals surface area contributed by atoms with Gasteiger partial charge in [0.2, 0.25) is 5.91 Å². The van der Waals surface area contributed by atoms with Crippen LogP contribution in [0.5, 0.6) is 0 Å². The van der Waals surface area contributed by atoms with E-state index in [2.05, 4.69) is 19.2 Å². The van der Waals surface area contributed by atoms with Crippen LogP contribution < -0.4 is 11.1 Å². The van der Waals surface area contributed by atoms with Crippen molar-refractivity contribution in [2.45, 2.75) is 224 Å². The van der Waals surface area contributed by atoms with Gasteiger partial charge in [0.1, 0.15) is 24.4 Å².